The van der Waals surface area contributed by atoms with Crippen LogP contribution in [0.25, 0.3) is 0 Å². The zero-order valence-electron chi connectivity index (χ0n) is 14.1. The zero-order chi connectivity index (χ0) is 17.5. The summed E-state index contributed by atoms with van der Waals surface area (Å²) < 4.78 is 5.14. The van der Waals surface area contributed by atoms with Gasteiger partial charge in [0.15, 0.2) is 6.61 Å². The molecule has 24 heavy (non-hydrogen) atoms. The highest BCUT2D eigenvalue weighted by Gasteiger charge is 2.25. The standard InChI is InChI=1S/C17H24N2O4S/c1-12-6-3-4-8-19(12)16(21)11-23-17(22)10-14(18-13(2)20)15-7-5-9-24-15/h5,7,9,12,14H,3-4,6,8,10-11H2,1-2H3,(H,18,20). The number of nitrogens with one attached hydrogen (secondary N) is 1. The largest absolute Gasteiger partial charge is 0.455 e. The fraction of sp³-hybridized carbons (Fsp3) is 0.588. The summed E-state index contributed by atoms with van der Waals surface area (Å²) in [5.41, 5.74) is 0. The smallest absolute Gasteiger partial charge is 0.308 e. The molecular weight excluding hydrogens is 328 g/mol. The fourth-order valence-electron chi connectivity index (χ4n) is 2.88. The van der Waals surface area contributed by atoms with E-state index in [1.54, 1.807) is 4.90 Å². The molecule has 2 heterocycles. The first kappa shape index (κ1) is 18.4. The fourth-order valence-corrected chi connectivity index (χ4v) is 3.65. The van der Waals surface area contributed by atoms with Crippen LogP contribution in [0.3, 0.4) is 0 Å². The monoisotopic (exact) mass is 352 g/mol. The Balaban J connectivity index is 1.84. The van der Waals surface area contributed by atoms with Crippen LogP contribution in [0.4, 0.5) is 0 Å². The Labute approximate surface area is 146 Å². The lowest BCUT2D eigenvalue weighted by atomic mass is 10.0. The number of carbonyl (C=O) groups excluding carboxylic acids is 3. The van der Waals surface area contributed by atoms with E-state index < -0.39 is 12.0 Å². The van der Waals surface area contributed by atoms with E-state index in [-0.39, 0.29) is 30.9 Å². The van der Waals surface area contributed by atoms with Crippen LogP contribution in [0.1, 0.15) is 50.4 Å². The summed E-state index contributed by atoms with van der Waals surface area (Å²) in [6.07, 6.45) is 3.13. The number of thiophene rings is 1. The molecule has 0 saturated carbocycles. The van der Waals surface area contributed by atoms with Crippen molar-refractivity contribution in [3.8, 4) is 0 Å². The SMILES string of the molecule is CC(=O)NC(CC(=O)OCC(=O)N1CCCCC1C)c1cccs1. The van der Waals surface area contributed by atoms with Gasteiger partial charge in [0.2, 0.25) is 5.91 Å². The van der Waals surface area contributed by atoms with Crippen LogP contribution in [0.2, 0.25) is 0 Å². The molecule has 0 aliphatic carbocycles. The van der Waals surface area contributed by atoms with Gasteiger partial charge in [0, 0.05) is 24.4 Å². The lowest BCUT2D eigenvalue weighted by molar-refractivity contribution is -0.154. The molecular formula is C17H24N2O4S. The van der Waals surface area contributed by atoms with E-state index in [0.29, 0.717) is 0 Å². The molecule has 2 unspecified atom stereocenters. The molecule has 0 spiro atoms. The second kappa shape index (κ2) is 8.82. The van der Waals surface area contributed by atoms with Crippen molar-refractivity contribution in [2.75, 3.05) is 13.2 Å². The van der Waals surface area contributed by atoms with Gasteiger partial charge < -0.3 is 15.0 Å². The number of amides is 2. The van der Waals surface area contributed by atoms with Gasteiger partial charge in [0.05, 0.1) is 12.5 Å². The van der Waals surface area contributed by atoms with Gasteiger partial charge in [-0.1, -0.05) is 6.07 Å². The molecule has 0 bridgehead atoms. The van der Waals surface area contributed by atoms with Crippen molar-refractivity contribution in [1.29, 1.82) is 0 Å². The minimum absolute atomic E-state index is 0.0168. The van der Waals surface area contributed by atoms with E-state index in [1.807, 2.05) is 24.4 Å². The Morgan fingerprint density at radius 3 is 2.83 bits per heavy atom. The highest BCUT2D eigenvalue weighted by molar-refractivity contribution is 7.10. The van der Waals surface area contributed by atoms with E-state index in [2.05, 4.69) is 5.32 Å². The second-order valence-corrected chi connectivity index (χ2v) is 7.04. The summed E-state index contributed by atoms with van der Waals surface area (Å²) in [7, 11) is 0. The maximum absolute atomic E-state index is 12.2. The molecule has 2 rings (SSSR count). The number of hydrogen-bond donors (Lipinski definition) is 1. The number of ether oxygens (including phenoxy) is 1. The number of likely N-dealkylation sites (tertiary alicyclic amines) is 1. The molecule has 1 fully saturated rings. The van der Waals surface area contributed by atoms with Crippen LogP contribution < -0.4 is 5.32 Å². The third kappa shape index (κ3) is 5.33. The van der Waals surface area contributed by atoms with Crippen molar-refractivity contribution in [1.82, 2.24) is 10.2 Å². The summed E-state index contributed by atoms with van der Waals surface area (Å²) in [4.78, 5) is 38.2. The first-order valence-corrected chi connectivity index (χ1v) is 9.11. The number of nitrogens with zero attached hydrogens (tertiary/aromatic N) is 1. The highest BCUT2D eigenvalue weighted by Crippen LogP contribution is 2.22. The number of hydrogen-bond acceptors (Lipinski definition) is 5. The van der Waals surface area contributed by atoms with E-state index >= 15 is 0 Å². The Hall–Kier alpha value is -1.89. The third-order valence-electron chi connectivity index (χ3n) is 4.11. The van der Waals surface area contributed by atoms with Crippen molar-refractivity contribution in [2.24, 2.45) is 0 Å². The van der Waals surface area contributed by atoms with Gasteiger partial charge in [-0.05, 0) is 37.6 Å². The summed E-state index contributed by atoms with van der Waals surface area (Å²) >= 11 is 1.46. The van der Waals surface area contributed by atoms with Crippen molar-refractivity contribution < 1.29 is 19.1 Å². The predicted octanol–water partition coefficient (Wildman–Crippen LogP) is 2.26. The van der Waals surface area contributed by atoms with Crippen molar-refractivity contribution >= 4 is 29.1 Å². The molecule has 2 atom stereocenters. The van der Waals surface area contributed by atoms with Gasteiger partial charge in [-0.2, -0.15) is 0 Å². The summed E-state index contributed by atoms with van der Waals surface area (Å²) in [5.74, 6) is -0.845. The molecule has 6 nitrogen and oxygen atoms in total. The molecule has 1 N–H and O–H groups in total. The molecule has 0 radical (unpaired) electrons. The average molecular weight is 352 g/mol. The summed E-state index contributed by atoms with van der Waals surface area (Å²) in [5, 5.41) is 4.63. The van der Waals surface area contributed by atoms with Crippen LogP contribution in [0.15, 0.2) is 17.5 Å². The number of esters is 1. The summed E-state index contributed by atoms with van der Waals surface area (Å²) in [6, 6.07) is 3.50. The maximum atomic E-state index is 12.2. The molecule has 1 aliphatic heterocycles. The van der Waals surface area contributed by atoms with Crippen LogP contribution in [0, 0.1) is 0 Å². The molecule has 132 valence electrons. The lowest BCUT2D eigenvalue weighted by Crippen LogP contribution is -2.44. The van der Waals surface area contributed by atoms with Crippen molar-refractivity contribution in [2.45, 2.75) is 51.6 Å². The van der Waals surface area contributed by atoms with Gasteiger partial charge in [0.25, 0.3) is 5.91 Å². The number of carbonyl (C=O) groups is 3. The zero-order valence-corrected chi connectivity index (χ0v) is 14.9. The minimum Gasteiger partial charge on any atom is -0.455 e. The van der Waals surface area contributed by atoms with Gasteiger partial charge in [-0.15, -0.1) is 11.3 Å². The first-order valence-electron chi connectivity index (χ1n) is 8.23. The van der Waals surface area contributed by atoms with Crippen molar-refractivity contribution in [3.63, 3.8) is 0 Å². The van der Waals surface area contributed by atoms with Gasteiger partial charge in [-0.25, -0.2) is 0 Å². The van der Waals surface area contributed by atoms with E-state index in [1.165, 1.54) is 18.3 Å². The predicted molar refractivity (Wildman–Crippen MR) is 91.5 cm³/mol. The molecule has 2 amide bonds. The molecule has 1 saturated heterocycles. The Morgan fingerprint density at radius 1 is 1.42 bits per heavy atom. The maximum Gasteiger partial charge on any atom is 0.308 e. The average Bonchev–Trinajstić information content (AvgIpc) is 3.06. The van der Waals surface area contributed by atoms with E-state index in [0.717, 1.165) is 30.7 Å². The Bertz CT molecular complexity index is 573. The highest BCUT2D eigenvalue weighted by atomic mass is 32.1. The van der Waals surface area contributed by atoms with Crippen molar-refractivity contribution in [3.05, 3.63) is 22.4 Å². The van der Waals surface area contributed by atoms with Crippen LogP contribution >= 0.6 is 11.3 Å². The molecule has 1 aliphatic rings. The number of piperidine rings is 1. The van der Waals surface area contributed by atoms with E-state index in [4.69, 9.17) is 4.74 Å². The third-order valence-corrected chi connectivity index (χ3v) is 5.10. The molecule has 1 aromatic heterocycles. The normalized spacial score (nSPS) is 18.8. The Kier molecular flexibility index (Phi) is 6.78. The van der Waals surface area contributed by atoms with E-state index in [9.17, 15) is 14.4 Å². The van der Waals surface area contributed by atoms with Gasteiger partial charge in [-0.3, -0.25) is 14.4 Å². The van der Waals surface area contributed by atoms with Gasteiger partial charge >= 0.3 is 5.97 Å². The van der Waals surface area contributed by atoms with Gasteiger partial charge in [0.1, 0.15) is 0 Å². The number of rotatable bonds is 6. The first-order chi connectivity index (χ1) is 11.5. The second-order valence-electron chi connectivity index (χ2n) is 6.07. The minimum atomic E-state index is -0.486. The van der Waals surface area contributed by atoms with Crippen LogP contribution in [-0.4, -0.2) is 41.9 Å². The molecule has 7 heteroatoms. The molecule has 1 aromatic rings. The lowest BCUT2D eigenvalue weighted by Gasteiger charge is -2.33. The quantitative estimate of drug-likeness (QED) is 0.797. The van der Waals surface area contributed by atoms with Crippen LogP contribution in [-0.2, 0) is 19.1 Å². The summed E-state index contributed by atoms with van der Waals surface area (Å²) in [6.45, 7) is 3.91. The topological polar surface area (TPSA) is 75.7 Å². The Morgan fingerprint density at radius 2 is 2.21 bits per heavy atom. The van der Waals surface area contributed by atoms with Crippen LogP contribution in [0.5, 0.6) is 0 Å². The molecule has 0 aromatic carbocycles.